The van der Waals surface area contributed by atoms with E-state index in [4.69, 9.17) is 11.6 Å². The summed E-state index contributed by atoms with van der Waals surface area (Å²) in [4.78, 5) is 0. The highest BCUT2D eigenvalue weighted by molar-refractivity contribution is 6.30. The van der Waals surface area contributed by atoms with Gasteiger partial charge >= 0.3 is 0 Å². The van der Waals surface area contributed by atoms with Crippen molar-refractivity contribution >= 4 is 28.8 Å². The van der Waals surface area contributed by atoms with Crippen LogP contribution in [0.5, 0.6) is 0 Å². The Morgan fingerprint density at radius 1 is 1.04 bits per heavy atom. The lowest BCUT2D eigenvalue weighted by molar-refractivity contribution is 0.626. The van der Waals surface area contributed by atoms with Gasteiger partial charge in [0.05, 0.1) is 0 Å². The number of anilines is 2. The molecule has 0 amide bonds. The van der Waals surface area contributed by atoms with Gasteiger partial charge in [-0.05, 0) is 48.0 Å². The Morgan fingerprint density at radius 3 is 2.62 bits per heavy atom. The summed E-state index contributed by atoms with van der Waals surface area (Å²) in [7, 11) is 0. The highest BCUT2D eigenvalue weighted by Crippen LogP contribution is 2.24. The van der Waals surface area contributed by atoms with E-state index in [2.05, 4.69) is 20.6 Å². The molecule has 0 saturated heterocycles. The Labute approximate surface area is 154 Å². The number of rotatable bonds is 4. The number of halogens is 2. The van der Waals surface area contributed by atoms with Gasteiger partial charge in [-0.2, -0.15) is 4.52 Å². The molecule has 0 spiro atoms. The van der Waals surface area contributed by atoms with E-state index in [0.717, 1.165) is 11.3 Å². The molecule has 0 saturated carbocycles. The average Bonchev–Trinajstić information content (AvgIpc) is 3.05. The molecule has 1 atom stereocenters. The molecule has 7 heteroatoms. The molecule has 2 aromatic heterocycles. The van der Waals surface area contributed by atoms with Gasteiger partial charge in [-0.1, -0.05) is 36.7 Å². The number of aromatic nitrogens is 4. The van der Waals surface area contributed by atoms with Crippen LogP contribution in [-0.4, -0.2) is 19.8 Å². The smallest absolute Gasteiger partial charge is 0.178 e. The molecule has 5 nitrogen and oxygen atoms in total. The van der Waals surface area contributed by atoms with Crippen LogP contribution < -0.4 is 5.32 Å². The number of nitrogens with zero attached hydrogens (tertiary/aromatic N) is 4. The topological polar surface area (TPSA) is 55.1 Å². The summed E-state index contributed by atoms with van der Waals surface area (Å²) in [5.41, 5.74) is 2.42. The van der Waals surface area contributed by atoms with Crippen LogP contribution >= 0.6 is 11.6 Å². The van der Waals surface area contributed by atoms with E-state index in [0.29, 0.717) is 22.3 Å². The van der Waals surface area contributed by atoms with Crippen molar-refractivity contribution in [3.63, 3.8) is 0 Å². The standard InChI is InChI=1S/C19H15ClFN5/c1-12(13-5-7-15(21)8-6-13)19-24-23-18-10-9-17(25-26(18)19)22-16-4-2-3-14(20)11-16/h2-12H,1H3,(H,22,25). The molecular formula is C19H15ClFN5. The van der Waals surface area contributed by atoms with Gasteiger partial charge in [0, 0.05) is 16.6 Å². The first-order chi connectivity index (χ1) is 12.6. The van der Waals surface area contributed by atoms with Gasteiger partial charge in [0.2, 0.25) is 0 Å². The lowest BCUT2D eigenvalue weighted by Gasteiger charge is -2.11. The molecule has 1 N–H and O–H groups in total. The SMILES string of the molecule is CC(c1ccc(F)cc1)c1nnc2ccc(Nc3cccc(Cl)c3)nn12. The molecule has 4 rings (SSSR count). The van der Waals surface area contributed by atoms with Crippen molar-refractivity contribution in [2.75, 3.05) is 5.32 Å². The molecular weight excluding hydrogens is 353 g/mol. The molecule has 0 aliphatic heterocycles. The molecule has 26 heavy (non-hydrogen) atoms. The molecule has 4 aromatic rings. The second-order valence-electron chi connectivity index (χ2n) is 5.96. The van der Waals surface area contributed by atoms with Gasteiger partial charge in [-0.3, -0.25) is 0 Å². The first-order valence-electron chi connectivity index (χ1n) is 8.10. The molecule has 0 fully saturated rings. The van der Waals surface area contributed by atoms with Crippen LogP contribution in [0.3, 0.4) is 0 Å². The summed E-state index contributed by atoms with van der Waals surface area (Å²) in [6.45, 7) is 1.99. The van der Waals surface area contributed by atoms with E-state index in [9.17, 15) is 4.39 Å². The Bertz CT molecular complexity index is 1060. The molecule has 2 heterocycles. The van der Waals surface area contributed by atoms with Crippen molar-refractivity contribution < 1.29 is 4.39 Å². The van der Waals surface area contributed by atoms with Crippen LogP contribution in [0.1, 0.15) is 24.2 Å². The molecule has 0 bridgehead atoms. The lowest BCUT2D eigenvalue weighted by Crippen LogP contribution is -2.06. The van der Waals surface area contributed by atoms with Crippen molar-refractivity contribution in [3.05, 3.63) is 82.9 Å². The molecule has 1 unspecified atom stereocenters. The minimum atomic E-state index is -0.266. The van der Waals surface area contributed by atoms with Crippen LogP contribution in [0.2, 0.25) is 5.02 Å². The first-order valence-corrected chi connectivity index (χ1v) is 8.48. The molecule has 130 valence electrons. The fourth-order valence-corrected chi connectivity index (χ4v) is 2.95. The third-order valence-corrected chi connectivity index (χ3v) is 4.38. The maximum atomic E-state index is 13.2. The highest BCUT2D eigenvalue weighted by atomic mass is 35.5. The maximum Gasteiger partial charge on any atom is 0.178 e. The quantitative estimate of drug-likeness (QED) is 0.562. The third kappa shape index (κ3) is 3.23. The van der Waals surface area contributed by atoms with Gasteiger partial charge in [-0.25, -0.2) is 4.39 Å². The lowest BCUT2D eigenvalue weighted by atomic mass is 10.0. The van der Waals surface area contributed by atoms with Gasteiger partial charge in [0.1, 0.15) is 5.82 Å². The van der Waals surface area contributed by atoms with Crippen LogP contribution in [0.25, 0.3) is 5.65 Å². The summed E-state index contributed by atoms with van der Waals surface area (Å²) in [5, 5.41) is 16.9. The van der Waals surface area contributed by atoms with Crippen molar-refractivity contribution in [3.8, 4) is 0 Å². The monoisotopic (exact) mass is 367 g/mol. The van der Waals surface area contributed by atoms with E-state index >= 15 is 0 Å². The predicted octanol–water partition coefficient (Wildman–Crippen LogP) is 4.81. The van der Waals surface area contributed by atoms with Gasteiger partial charge in [0.25, 0.3) is 0 Å². The minimum Gasteiger partial charge on any atom is -0.339 e. The van der Waals surface area contributed by atoms with E-state index in [1.807, 2.05) is 43.3 Å². The van der Waals surface area contributed by atoms with E-state index in [-0.39, 0.29) is 11.7 Å². The molecule has 2 aromatic carbocycles. The fourth-order valence-electron chi connectivity index (χ4n) is 2.76. The summed E-state index contributed by atoms with van der Waals surface area (Å²) in [5.74, 6) is 0.978. The van der Waals surface area contributed by atoms with Gasteiger partial charge in [0.15, 0.2) is 17.3 Å². The highest BCUT2D eigenvalue weighted by Gasteiger charge is 2.17. The number of hydrogen-bond acceptors (Lipinski definition) is 4. The van der Waals surface area contributed by atoms with Crippen LogP contribution in [0, 0.1) is 5.82 Å². The minimum absolute atomic E-state index is 0.0838. The number of hydrogen-bond donors (Lipinski definition) is 1. The largest absolute Gasteiger partial charge is 0.339 e. The number of fused-ring (bicyclic) bond motifs is 1. The van der Waals surface area contributed by atoms with E-state index < -0.39 is 0 Å². The average molecular weight is 368 g/mol. The van der Waals surface area contributed by atoms with E-state index in [1.54, 1.807) is 16.6 Å². The van der Waals surface area contributed by atoms with Crippen LogP contribution in [0.15, 0.2) is 60.7 Å². The van der Waals surface area contributed by atoms with Crippen molar-refractivity contribution in [1.82, 2.24) is 19.8 Å². The Balaban J connectivity index is 1.69. The van der Waals surface area contributed by atoms with Crippen LogP contribution in [-0.2, 0) is 0 Å². The molecule has 0 aliphatic rings. The van der Waals surface area contributed by atoms with E-state index in [1.165, 1.54) is 12.1 Å². The van der Waals surface area contributed by atoms with Gasteiger partial charge in [-0.15, -0.1) is 15.3 Å². The number of nitrogens with one attached hydrogen (secondary N) is 1. The summed E-state index contributed by atoms with van der Waals surface area (Å²) >= 11 is 6.02. The fraction of sp³-hybridized carbons (Fsp3) is 0.105. The summed E-state index contributed by atoms with van der Waals surface area (Å²) < 4.78 is 14.9. The van der Waals surface area contributed by atoms with Crippen molar-refractivity contribution in [1.29, 1.82) is 0 Å². The Morgan fingerprint density at radius 2 is 1.85 bits per heavy atom. The van der Waals surface area contributed by atoms with Crippen molar-refractivity contribution in [2.24, 2.45) is 0 Å². The zero-order valence-corrected chi connectivity index (χ0v) is 14.7. The van der Waals surface area contributed by atoms with Crippen molar-refractivity contribution in [2.45, 2.75) is 12.8 Å². The predicted molar refractivity (Wildman–Crippen MR) is 99.4 cm³/mol. The Kier molecular flexibility index (Phi) is 4.26. The second-order valence-corrected chi connectivity index (χ2v) is 6.39. The summed E-state index contributed by atoms with van der Waals surface area (Å²) in [6, 6.07) is 17.4. The van der Waals surface area contributed by atoms with Gasteiger partial charge < -0.3 is 5.32 Å². The Hall–Kier alpha value is -2.99. The molecule has 0 aliphatic carbocycles. The third-order valence-electron chi connectivity index (χ3n) is 4.14. The zero-order valence-electron chi connectivity index (χ0n) is 13.9. The van der Waals surface area contributed by atoms with Crippen LogP contribution in [0.4, 0.5) is 15.9 Å². The maximum absolute atomic E-state index is 13.2. The summed E-state index contributed by atoms with van der Waals surface area (Å²) in [6.07, 6.45) is 0. The second kappa shape index (κ2) is 6.72. The first kappa shape index (κ1) is 16.5. The normalized spacial score (nSPS) is 12.3. The zero-order chi connectivity index (χ0) is 18.1. The number of benzene rings is 2. The molecule has 0 radical (unpaired) electrons.